The number of hydrogen-bond donors (Lipinski definition) is 1. The van der Waals surface area contributed by atoms with Crippen molar-refractivity contribution in [3.63, 3.8) is 0 Å². The van der Waals surface area contributed by atoms with Crippen LogP contribution in [0.5, 0.6) is 0 Å². The highest BCUT2D eigenvalue weighted by molar-refractivity contribution is 7.99. The van der Waals surface area contributed by atoms with Gasteiger partial charge >= 0.3 is 0 Å². The summed E-state index contributed by atoms with van der Waals surface area (Å²) in [6, 6.07) is 15.7. The highest BCUT2D eigenvalue weighted by Crippen LogP contribution is 2.23. The van der Waals surface area contributed by atoms with E-state index >= 15 is 0 Å². The van der Waals surface area contributed by atoms with Gasteiger partial charge in [0.05, 0.1) is 12.0 Å². The summed E-state index contributed by atoms with van der Waals surface area (Å²) in [5.74, 6) is -0.397. The molecular formula is C22H19FN4O2S. The molecule has 0 aliphatic heterocycles. The fourth-order valence-corrected chi connectivity index (χ4v) is 3.78. The Morgan fingerprint density at radius 2 is 2.00 bits per heavy atom. The summed E-state index contributed by atoms with van der Waals surface area (Å²) in [6.07, 6.45) is 1.60. The number of fused-ring (bicyclic) bond motifs is 1. The van der Waals surface area contributed by atoms with E-state index in [9.17, 15) is 9.18 Å². The molecule has 2 aromatic heterocycles. The maximum atomic E-state index is 13.2. The van der Waals surface area contributed by atoms with Crippen LogP contribution >= 0.6 is 11.8 Å². The second-order valence-corrected chi connectivity index (χ2v) is 7.59. The molecule has 4 aromatic rings. The minimum Gasteiger partial charge on any atom is -0.431 e. The van der Waals surface area contributed by atoms with Crippen molar-refractivity contribution in [2.75, 3.05) is 5.75 Å². The number of para-hydroxylation sites is 2. The molecule has 0 atom stereocenters. The number of rotatable bonds is 6. The Labute approximate surface area is 176 Å². The zero-order valence-electron chi connectivity index (χ0n) is 16.4. The van der Waals surface area contributed by atoms with E-state index in [0.29, 0.717) is 10.8 Å². The molecule has 4 rings (SSSR count). The van der Waals surface area contributed by atoms with Crippen molar-refractivity contribution < 1.29 is 13.6 Å². The molecule has 0 unspecified atom stereocenters. The molecule has 2 heterocycles. The van der Waals surface area contributed by atoms with Gasteiger partial charge in [0.2, 0.25) is 0 Å². The lowest BCUT2D eigenvalue weighted by molar-refractivity contribution is -0.118. The Morgan fingerprint density at radius 3 is 2.77 bits per heavy atom. The van der Waals surface area contributed by atoms with Crippen LogP contribution in [-0.4, -0.2) is 27.4 Å². The number of carbonyl (C=O) groups is 1. The van der Waals surface area contributed by atoms with Crippen LogP contribution in [0.4, 0.5) is 4.39 Å². The number of aromatic nitrogens is 2. The Morgan fingerprint density at radius 1 is 1.23 bits per heavy atom. The molecule has 152 valence electrons. The first-order valence-corrected chi connectivity index (χ1v) is 10.2. The number of halogens is 1. The number of aryl methyl sites for hydroxylation is 1. The van der Waals surface area contributed by atoms with Crippen LogP contribution in [0, 0.1) is 19.7 Å². The van der Waals surface area contributed by atoms with Gasteiger partial charge in [0.15, 0.2) is 5.58 Å². The first kappa shape index (κ1) is 19.9. The van der Waals surface area contributed by atoms with E-state index in [4.69, 9.17) is 4.42 Å². The minimum absolute atomic E-state index is 0.138. The van der Waals surface area contributed by atoms with Crippen LogP contribution in [0.15, 0.2) is 69.3 Å². The van der Waals surface area contributed by atoms with Crippen molar-refractivity contribution in [3.05, 3.63) is 77.4 Å². The predicted molar refractivity (Wildman–Crippen MR) is 116 cm³/mol. The maximum Gasteiger partial charge on any atom is 0.257 e. The van der Waals surface area contributed by atoms with Crippen molar-refractivity contribution in [1.82, 2.24) is 15.0 Å². The molecule has 0 aliphatic rings. The lowest BCUT2D eigenvalue weighted by Crippen LogP contribution is -2.19. The standard InChI is InChI=1S/C22H19FN4O2S/c1-14-11-16(15(2)27(14)18-9-7-17(23)8-10-18)12-24-26-21(28)13-30-22-25-19-5-3-4-6-20(19)29-22/h3-12H,13H2,1-2H3,(H,26,28)/b24-12+. The van der Waals surface area contributed by atoms with E-state index in [1.807, 2.05) is 48.7 Å². The zero-order chi connectivity index (χ0) is 21.1. The molecule has 0 bridgehead atoms. The summed E-state index contributed by atoms with van der Waals surface area (Å²) in [5.41, 5.74) is 7.63. The first-order chi connectivity index (χ1) is 14.5. The third-order valence-corrected chi connectivity index (χ3v) is 5.38. The maximum absolute atomic E-state index is 13.2. The second kappa shape index (κ2) is 8.54. The first-order valence-electron chi connectivity index (χ1n) is 9.26. The topological polar surface area (TPSA) is 72.4 Å². The molecule has 30 heavy (non-hydrogen) atoms. The fourth-order valence-electron chi connectivity index (χ4n) is 3.15. The molecule has 0 saturated carbocycles. The Kier molecular flexibility index (Phi) is 5.67. The van der Waals surface area contributed by atoms with Gasteiger partial charge < -0.3 is 8.98 Å². The fraction of sp³-hybridized carbons (Fsp3) is 0.136. The summed E-state index contributed by atoms with van der Waals surface area (Å²) in [4.78, 5) is 16.4. The van der Waals surface area contributed by atoms with Crippen molar-refractivity contribution in [1.29, 1.82) is 0 Å². The minimum atomic E-state index is -0.276. The molecule has 0 spiro atoms. The SMILES string of the molecule is Cc1cc(/C=N/NC(=O)CSc2nc3ccccc3o2)c(C)n1-c1ccc(F)cc1. The van der Waals surface area contributed by atoms with Gasteiger partial charge in [-0.3, -0.25) is 4.79 Å². The average molecular weight is 422 g/mol. The smallest absolute Gasteiger partial charge is 0.257 e. The number of hydrazone groups is 1. The molecule has 1 N–H and O–H groups in total. The van der Waals surface area contributed by atoms with Crippen LogP contribution in [-0.2, 0) is 4.79 Å². The van der Waals surface area contributed by atoms with E-state index < -0.39 is 0 Å². The largest absolute Gasteiger partial charge is 0.431 e. The van der Waals surface area contributed by atoms with E-state index in [1.165, 1.54) is 23.9 Å². The molecule has 0 saturated heterocycles. The summed E-state index contributed by atoms with van der Waals surface area (Å²) in [6.45, 7) is 3.91. The van der Waals surface area contributed by atoms with Crippen LogP contribution < -0.4 is 5.43 Å². The molecule has 0 aliphatic carbocycles. The molecule has 2 aromatic carbocycles. The summed E-state index contributed by atoms with van der Waals surface area (Å²) < 4.78 is 20.8. The zero-order valence-corrected chi connectivity index (χ0v) is 17.2. The number of carbonyl (C=O) groups excluding carboxylic acids is 1. The van der Waals surface area contributed by atoms with Crippen LogP contribution in [0.2, 0.25) is 0 Å². The van der Waals surface area contributed by atoms with Crippen molar-refractivity contribution >= 4 is 35.0 Å². The quantitative estimate of drug-likeness (QED) is 0.280. The summed E-state index contributed by atoms with van der Waals surface area (Å²) in [5, 5.41) is 4.50. The molecule has 6 nitrogen and oxygen atoms in total. The van der Waals surface area contributed by atoms with Gasteiger partial charge in [0, 0.05) is 22.6 Å². The highest BCUT2D eigenvalue weighted by atomic mass is 32.2. The second-order valence-electron chi connectivity index (χ2n) is 6.67. The Hall–Kier alpha value is -3.39. The van der Waals surface area contributed by atoms with Gasteiger partial charge in [-0.1, -0.05) is 23.9 Å². The monoisotopic (exact) mass is 422 g/mol. The predicted octanol–water partition coefficient (Wildman–Crippen LogP) is 4.62. The van der Waals surface area contributed by atoms with Gasteiger partial charge in [-0.05, 0) is 56.3 Å². The number of amides is 1. The summed E-state index contributed by atoms with van der Waals surface area (Å²) in [7, 11) is 0. The Balaban J connectivity index is 1.37. The van der Waals surface area contributed by atoms with Crippen molar-refractivity contribution in [2.45, 2.75) is 19.1 Å². The van der Waals surface area contributed by atoms with Crippen molar-refractivity contribution in [2.24, 2.45) is 5.10 Å². The number of hydrogen-bond acceptors (Lipinski definition) is 5. The third-order valence-electron chi connectivity index (χ3n) is 4.55. The van der Waals surface area contributed by atoms with E-state index in [2.05, 4.69) is 15.5 Å². The number of thioether (sulfide) groups is 1. The van der Waals surface area contributed by atoms with E-state index in [0.717, 1.165) is 28.2 Å². The molecule has 0 fully saturated rings. The van der Waals surface area contributed by atoms with Gasteiger partial charge in [-0.15, -0.1) is 0 Å². The van der Waals surface area contributed by atoms with Gasteiger partial charge in [-0.2, -0.15) is 5.10 Å². The highest BCUT2D eigenvalue weighted by Gasteiger charge is 2.11. The number of benzene rings is 2. The number of oxazole rings is 1. The lowest BCUT2D eigenvalue weighted by Gasteiger charge is -2.09. The summed E-state index contributed by atoms with van der Waals surface area (Å²) >= 11 is 1.21. The van der Waals surface area contributed by atoms with Gasteiger partial charge in [0.1, 0.15) is 11.3 Å². The van der Waals surface area contributed by atoms with E-state index in [1.54, 1.807) is 18.3 Å². The van der Waals surface area contributed by atoms with Gasteiger partial charge in [-0.25, -0.2) is 14.8 Å². The van der Waals surface area contributed by atoms with E-state index in [-0.39, 0.29) is 17.5 Å². The van der Waals surface area contributed by atoms with Gasteiger partial charge in [0.25, 0.3) is 11.1 Å². The normalized spacial score (nSPS) is 11.4. The third kappa shape index (κ3) is 4.28. The lowest BCUT2D eigenvalue weighted by atomic mass is 10.2. The molecule has 1 amide bonds. The molecule has 8 heteroatoms. The number of nitrogens with zero attached hydrogens (tertiary/aromatic N) is 3. The Bertz CT molecular complexity index is 1190. The number of nitrogens with one attached hydrogen (secondary N) is 1. The van der Waals surface area contributed by atoms with Crippen LogP contribution in [0.25, 0.3) is 16.8 Å². The van der Waals surface area contributed by atoms with Crippen molar-refractivity contribution in [3.8, 4) is 5.69 Å². The average Bonchev–Trinajstić information content (AvgIpc) is 3.27. The molecule has 0 radical (unpaired) electrons. The molecular weight excluding hydrogens is 403 g/mol. The van der Waals surface area contributed by atoms with Crippen LogP contribution in [0.1, 0.15) is 17.0 Å². The van der Waals surface area contributed by atoms with Crippen LogP contribution in [0.3, 0.4) is 0 Å².